The summed E-state index contributed by atoms with van der Waals surface area (Å²) < 4.78 is 41.9. The van der Waals surface area contributed by atoms with E-state index in [0.29, 0.717) is 29.2 Å². The van der Waals surface area contributed by atoms with Gasteiger partial charge in [0.25, 0.3) is 10.0 Å². The predicted octanol–water partition coefficient (Wildman–Crippen LogP) is 4.93. The summed E-state index contributed by atoms with van der Waals surface area (Å²) in [5.74, 6) is -1.39. The van der Waals surface area contributed by atoms with Gasteiger partial charge >= 0.3 is 0 Å². The number of anilines is 1. The van der Waals surface area contributed by atoms with Gasteiger partial charge in [-0.25, -0.2) is 12.8 Å². The number of carbonyl (C=O) groups is 2. The first-order chi connectivity index (χ1) is 18.0. The monoisotopic (exact) mass is 559 g/mol. The molecule has 0 saturated carbocycles. The van der Waals surface area contributed by atoms with Crippen LogP contribution in [0.15, 0.2) is 77.7 Å². The number of hydrogen-bond acceptors (Lipinski definition) is 4. The summed E-state index contributed by atoms with van der Waals surface area (Å²) in [5, 5.41) is 3.15. The Bertz CT molecular complexity index is 1350. The molecule has 3 aromatic rings. The van der Waals surface area contributed by atoms with Gasteiger partial charge in [-0.1, -0.05) is 48.4 Å². The van der Waals surface area contributed by atoms with Gasteiger partial charge in [0.15, 0.2) is 0 Å². The lowest BCUT2D eigenvalue weighted by Gasteiger charge is -2.32. The van der Waals surface area contributed by atoms with Gasteiger partial charge in [0, 0.05) is 18.1 Å². The van der Waals surface area contributed by atoms with Crippen LogP contribution in [0.4, 0.5) is 10.1 Å². The quantitative estimate of drug-likeness (QED) is 0.361. The molecule has 0 bridgehead atoms. The van der Waals surface area contributed by atoms with E-state index in [4.69, 9.17) is 11.6 Å². The molecule has 0 aliphatic heterocycles. The number of benzene rings is 3. The first-order valence-electron chi connectivity index (χ1n) is 12.2. The highest BCUT2D eigenvalue weighted by molar-refractivity contribution is 7.92. The van der Waals surface area contributed by atoms with E-state index in [2.05, 4.69) is 5.32 Å². The molecule has 3 aromatic carbocycles. The summed E-state index contributed by atoms with van der Waals surface area (Å²) in [5.41, 5.74) is 1.81. The number of hydrogen-bond donors (Lipinski definition) is 1. The van der Waals surface area contributed by atoms with E-state index in [9.17, 15) is 22.4 Å². The number of nitrogens with zero attached hydrogens (tertiary/aromatic N) is 2. The normalized spacial score (nSPS) is 12.0. The summed E-state index contributed by atoms with van der Waals surface area (Å²) in [4.78, 5) is 27.9. The standard InChI is InChI=1S/C28H31ClFN3O4S/c1-4-17-31-28(35)21(3)32(18-22-7-11-24(30)12-8-22)27(34)19-33(25-13-5-20(2)6-14-25)38(36,37)26-15-9-23(29)10-16-26/h5-16,21H,4,17-19H2,1-3H3,(H,31,35)/t21-/m1/s1. The number of aryl methyl sites for hydroxylation is 1. The van der Waals surface area contributed by atoms with Crippen LogP contribution in [0.5, 0.6) is 0 Å². The molecule has 0 unspecified atom stereocenters. The minimum Gasteiger partial charge on any atom is -0.354 e. The Balaban J connectivity index is 2.00. The molecule has 0 spiro atoms. The summed E-state index contributed by atoms with van der Waals surface area (Å²) in [6.07, 6.45) is 0.713. The van der Waals surface area contributed by atoms with Crippen molar-refractivity contribution in [3.05, 3.63) is 94.8 Å². The van der Waals surface area contributed by atoms with Gasteiger partial charge in [0.1, 0.15) is 18.4 Å². The summed E-state index contributed by atoms with van der Waals surface area (Å²) in [6.45, 7) is 5.23. The van der Waals surface area contributed by atoms with Crippen LogP contribution in [-0.2, 0) is 26.2 Å². The largest absolute Gasteiger partial charge is 0.354 e. The second kappa shape index (κ2) is 12.9. The van der Waals surface area contributed by atoms with Crippen LogP contribution in [0, 0.1) is 12.7 Å². The average Bonchev–Trinajstić information content (AvgIpc) is 2.90. The van der Waals surface area contributed by atoms with E-state index in [1.54, 1.807) is 31.2 Å². The molecule has 0 fully saturated rings. The van der Waals surface area contributed by atoms with Crippen molar-refractivity contribution >= 4 is 39.1 Å². The highest BCUT2D eigenvalue weighted by Crippen LogP contribution is 2.26. The third kappa shape index (κ3) is 7.33. The van der Waals surface area contributed by atoms with Crippen LogP contribution in [0.3, 0.4) is 0 Å². The lowest BCUT2D eigenvalue weighted by Crippen LogP contribution is -2.51. The number of carbonyl (C=O) groups excluding carboxylic acids is 2. The number of amides is 2. The van der Waals surface area contributed by atoms with Crippen molar-refractivity contribution in [3.8, 4) is 0 Å². The maximum atomic E-state index is 13.8. The Morgan fingerprint density at radius 3 is 2.16 bits per heavy atom. The van der Waals surface area contributed by atoms with Crippen molar-refractivity contribution in [1.29, 1.82) is 0 Å². The summed E-state index contributed by atoms with van der Waals surface area (Å²) >= 11 is 5.96. The summed E-state index contributed by atoms with van der Waals surface area (Å²) in [6, 6.07) is 17.1. The fourth-order valence-corrected chi connectivity index (χ4v) is 5.28. The molecule has 7 nitrogen and oxygen atoms in total. The van der Waals surface area contributed by atoms with Crippen LogP contribution in [0.25, 0.3) is 0 Å². The third-order valence-electron chi connectivity index (χ3n) is 5.99. The Labute approximate surface area is 228 Å². The Morgan fingerprint density at radius 1 is 0.974 bits per heavy atom. The zero-order valence-corrected chi connectivity index (χ0v) is 23.1. The Kier molecular flexibility index (Phi) is 9.88. The van der Waals surface area contributed by atoms with E-state index in [1.807, 2.05) is 13.8 Å². The molecule has 0 saturated heterocycles. The van der Waals surface area contributed by atoms with Gasteiger partial charge < -0.3 is 10.2 Å². The van der Waals surface area contributed by atoms with E-state index in [1.165, 1.54) is 53.4 Å². The first-order valence-corrected chi connectivity index (χ1v) is 14.0. The number of nitrogens with one attached hydrogen (secondary N) is 1. The zero-order valence-electron chi connectivity index (χ0n) is 21.5. The topological polar surface area (TPSA) is 86.8 Å². The van der Waals surface area contributed by atoms with E-state index in [0.717, 1.165) is 9.87 Å². The van der Waals surface area contributed by atoms with Crippen molar-refractivity contribution in [3.63, 3.8) is 0 Å². The molecule has 202 valence electrons. The molecule has 0 heterocycles. The minimum absolute atomic E-state index is 0.0114. The second-order valence-corrected chi connectivity index (χ2v) is 11.2. The van der Waals surface area contributed by atoms with Crippen LogP contribution < -0.4 is 9.62 Å². The van der Waals surface area contributed by atoms with Crippen LogP contribution >= 0.6 is 11.6 Å². The van der Waals surface area contributed by atoms with Gasteiger partial charge in [-0.3, -0.25) is 13.9 Å². The van der Waals surface area contributed by atoms with Gasteiger partial charge in [0.05, 0.1) is 10.6 Å². The van der Waals surface area contributed by atoms with Crippen LogP contribution in [-0.4, -0.2) is 44.3 Å². The maximum absolute atomic E-state index is 13.8. The fraction of sp³-hybridized carbons (Fsp3) is 0.286. The van der Waals surface area contributed by atoms with Crippen LogP contribution in [0.1, 0.15) is 31.4 Å². The average molecular weight is 560 g/mol. The lowest BCUT2D eigenvalue weighted by molar-refractivity contribution is -0.139. The highest BCUT2D eigenvalue weighted by Gasteiger charge is 2.32. The van der Waals surface area contributed by atoms with Gasteiger partial charge in [-0.15, -0.1) is 0 Å². The fourth-order valence-electron chi connectivity index (χ4n) is 3.74. The number of halogens is 2. The van der Waals surface area contributed by atoms with E-state index in [-0.39, 0.29) is 17.3 Å². The van der Waals surface area contributed by atoms with Crippen molar-refractivity contribution in [2.45, 2.75) is 44.7 Å². The molecule has 38 heavy (non-hydrogen) atoms. The van der Waals surface area contributed by atoms with Gasteiger partial charge in [-0.05, 0) is 74.4 Å². The third-order valence-corrected chi connectivity index (χ3v) is 8.03. The van der Waals surface area contributed by atoms with Gasteiger partial charge in [-0.2, -0.15) is 0 Å². The van der Waals surface area contributed by atoms with Crippen molar-refractivity contribution in [2.24, 2.45) is 0 Å². The van der Waals surface area contributed by atoms with E-state index < -0.39 is 34.3 Å². The Morgan fingerprint density at radius 2 is 1.58 bits per heavy atom. The molecular weight excluding hydrogens is 529 g/mol. The molecule has 1 N–H and O–H groups in total. The molecule has 3 rings (SSSR count). The zero-order chi connectivity index (χ0) is 27.9. The number of rotatable bonds is 11. The predicted molar refractivity (Wildman–Crippen MR) is 147 cm³/mol. The minimum atomic E-state index is -4.17. The molecule has 0 aliphatic carbocycles. The highest BCUT2D eigenvalue weighted by atomic mass is 35.5. The van der Waals surface area contributed by atoms with Gasteiger partial charge in [0.2, 0.25) is 11.8 Å². The van der Waals surface area contributed by atoms with E-state index >= 15 is 0 Å². The number of sulfonamides is 1. The summed E-state index contributed by atoms with van der Waals surface area (Å²) in [7, 11) is -4.17. The maximum Gasteiger partial charge on any atom is 0.264 e. The molecule has 0 radical (unpaired) electrons. The molecular formula is C28H31ClFN3O4S. The smallest absolute Gasteiger partial charge is 0.264 e. The van der Waals surface area contributed by atoms with Crippen molar-refractivity contribution in [1.82, 2.24) is 10.2 Å². The SMILES string of the molecule is CCCNC(=O)[C@@H](C)N(Cc1ccc(F)cc1)C(=O)CN(c1ccc(C)cc1)S(=O)(=O)c1ccc(Cl)cc1. The molecule has 10 heteroatoms. The van der Waals surface area contributed by atoms with Crippen molar-refractivity contribution < 1.29 is 22.4 Å². The Hall–Kier alpha value is -3.43. The van der Waals surface area contributed by atoms with Crippen LogP contribution in [0.2, 0.25) is 5.02 Å². The van der Waals surface area contributed by atoms with Crippen molar-refractivity contribution in [2.75, 3.05) is 17.4 Å². The molecule has 1 atom stereocenters. The molecule has 2 amide bonds. The molecule has 0 aliphatic rings. The second-order valence-electron chi connectivity index (χ2n) is 8.92. The first kappa shape index (κ1) is 29.1. The molecule has 0 aromatic heterocycles. The lowest BCUT2D eigenvalue weighted by atomic mass is 10.1.